The smallest absolute Gasteiger partial charge is 0.292 e. The van der Waals surface area contributed by atoms with E-state index >= 15 is 0 Å². The van der Waals surface area contributed by atoms with Crippen molar-refractivity contribution < 1.29 is 9.72 Å². The molecule has 4 rings (SSSR count). The van der Waals surface area contributed by atoms with Crippen LogP contribution in [0.15, 0.2) is 54.6 Å². The first kappa shape index (κ1) is 17.9. The molecule has 0 radical (unpaired) electrons. The Morgan fingerprint density at radius 1 is 1.11 bits per heavy atom. The van der Waals surface area contributed by atoms with Crippen molar-refractivity contribution in [3.05, 3.63) is 76.0 Å². The first-order valence-electron chi connectivity index (χ1n) is 9.28. The van der Waals surface area contributed by atoms with Crippen LogP contribution in [-0.2, 0) is 0 Å². The maximum atomic E-state index is 12.8. The van der Waals surface area contributed by atoms with Crippen molar-refractivity contribution in [2.75, 3.05) is 18.4 Å². The van der Waals surface area contributed by atoms with E-state index in [1.807, 2.05) is 30.3 Å². The number of hydrogen-bond donors (Lipinski definition) is 2. The van der Waals surface area contributed by atoms with Crippen molar-refractivity contribution >= 4 is 28.2 Å². The van der Waals surface area contributed by atoms with Gasteiger partial charge < -0.3 is 10.6 Å². The number of anilines is 1. The van der Waals surface area contributed by atoms with Crippen LogP contribution in [0.1, 0.15) is 34.8 Å². The molecule has 2 N–H and O–H groups in total. The van der Waals surface area contributed by atoms with Crippen molar-refractivity contribution in [1.29, 1.82) is 0 Å². The number of para-hydroxylation sites is 3. The highest BCUT2D eigenvalue weighted by Gasteiger charge is 2.26. The minimum Gasteiger partial charge on any atom is -0.378 e. The predicted octanol–water partition coefficient (Wildman–Crippen LogP) is 3.86. The van der Waals surface area contributed by atoms with Gasteiger partial charge in [-0.25, -0.2) is 0 Å². The highest BCUT2D eigenvalue weighted by Crippen LogP contribution is 2.40. The number of benzene rings is 2. The van der Waals surface area contributed by atoms with Gasteiger partial charge in [-0.2, -0.15) is 0 Å². The molecule has 3 aromatic rings. The number of nitro benzene ring substituents is 1. The maximum Gasteiger partial charge on any atom is 0.292 e. The van der Waals surface area contributed by atoms with Crippen LogP contribution in [-0.4, -0.2) is 28.9 Å². The fourth-order valence-electron chi connectivity index (χ4n) is 3.22. The first-order valence-corrected chi connectivity index (χ1v) is 9.28. The van der Waals surface area contributed by atoms with Gasteiger partial charge in [0.1, 0.15) is 5.69 Å². The Morgan fingerprint density at radius 3 is 2.64 bits per heavy atom. The van der Waals surface area contributed by atoms with E-state index in [4.69, 9.17) is 0 Å². The normalized spacial score (nSPS) is 13.3. The van der Waals surface area contributed by atoms with Crippen LogP contribution in [0.5, 0.6) is 0 Å². The Hall–Kier alpha value is -3.48. The summed E-state index contributed by atoms with van der Waals surface area (Å²) in [4.78, 5) is 28.1. The van der Waals surface area contributed by atoms with E-state index in [1.165, 1.54) is 6.07 Å². The van der Waals surface area contributed by atoms with Crippen LogP contribution < -0.4 is 10.6 Å². The van der Waals surface area contributed by atoms with Crippen molar-refractivity contribution in [3.8, 4) is 0 Å². The Labute approximate surface area is 161 Å². The van der Waals surface area contributed by atoms with Gasteiger partial charge in [0.15, 0.2) is 0 Å². The average Bonchev–Trinajstić information content (AvgIpc) is 3.56. The molecule has 0 bridgehead atoms. The van der Waals surface area contributed by atoms with Crippen LogP contribution >= 0.6 is 0 Å². The predicted molar refractivity (Wildman–Crippen MR) is 108 cm³/mol. The Morgan fingerprint density at radius 2 is 1.86 bits per heavy atom. The average molecular weight is 376 g/mol. The van der Waals surface area contributed by atoms with Gasteiger partial charge in [-0.1, -0.05) is 30.3 Å². The molecule has 1 saturated carbocycles. The number of carbonyl (C=O) groups is 1. The van der Waals surface area contributed by atoms with Gasteiger partial charge in [-0.05, 0) is 31.0 Å². The van der Waals surface area contributed by atoms with Crippen molar-refractivity contribution in [3.63, 3.8) is 0 Å². The van der Waals surface area contributed by atoms with Crippen LogP contribution in [0.2, 0.25) is 0 Å². The molecule has 0 saturated heterocycles. The molecule has 0 spiro atoms. The monoisotopic (exact) mass is 376 g/mol. The van der Waals surface area contributed by atoms with Crippen molar-refractivity contribution in [2.24, 2.45) is 0 Å². The van der Waals surface area contributed by atoms with Gasteiger partial charge in [-0.3, -0.25) is 19.9 Å². The third-order valence-electron chi connectivity index (χ3n) is 4.80. The lowest BCUT2D eigenvalue weighted by atomic mass is 10.1. The van der Waals surface area contributed by atoms with E-state index in [2.05, 4.69) is 15.6 Å². The molecule has 1 amide bonds. The van der Waals surface area contributed by atoms with Crippen molar-refractivity contribution in [1.82, 2.24) is 10.3 Å². The second kappa shape index (κ2) is 7.64. The zero-order valence-electron chi connectivity index (χ0n) is 15.2. The van der Waals surface area contributed by atoms with Crippen molar-refractivity contribution in [2.45, 2.75) is 18.8 Å². The van der Waals surface area contributed by atoms with Gasteiger partial charge in [0.25, 0.3) is 11.6 Å². The summed E-state index contributed by atoms with van der Waals surface area (Å²) in [6, 6.07) is 16.0. The van der Waals surface area contributed by atoms with Gasteiger partial charge in [-0.15, -0.1) is 0 Å². The second-order valence-corrected chi connectivity index (χ2v) is 6.84. The highest BCUT2D eigenvalue weighted by atomic mass is 16.6. The number of nitrogens with one attached hydrogen (secondary N) is 2. The lowest BCUT2D eigenvalue weighted by molar-refractivity contribution is -0.384. The van der Waals surface area contributed by atoms with Gasteiger partial charge in [0.2, 0.25) is 0 Å². The lowest BCUT2D eigenvalue weighted by Crippen LogP contribution is -2.29. The van der Waals surface area contributed by atoms with E-state index in [1.54, 1.807) is 18.2 Å². The molecule has 0 aliphatic heterocycles. The highest BCUT2D eigenvalue weighted by molar-refractivity contribution is 6.06. The van der Waals surface area contributed by atoms with Crippen LogP contribution in [0, 0.1) is 10.1 Å². The number of fused-ring (bicyclic) bond motifs is 1. The molecular weight excluding hydrogens is 356 g/mol. The number of amides is 1. The number of carbonyl (C=O) groups excluding carboxylic acids is 1. The molecule has 1 aliphatic carbocycles. The van der Waals surface area contributed by atoms with Gasteiger partial charge in [0, 0.05) is 36.2 Å². The number of nitrogens with zero attached hydrogens (tertiary/aromatic N) is 2. The minimum atomic E-state index is -0.427. The largest absolute Gasteiger partial charge is 0.378 e. The molecule has 1 heterocycles. The summed E-state index contributed by atoms with van der Waals surface area (Å²) in [7, 11) is 0. The number of rotatable bonds is 7. The quantitative estimate of drug-likeness (QED) is 0.371. The van der Waals surface area contributed by atoms with Crippen LogP contribution in [0.4, 0.5) is 11.4 Å². The molecule has 28 heavy (non-hydrogen) atoms. The summed E-state index contributed by atoms with van der Waals surface area (Å²) in [5.41, 5.74) is 2.88. The topological polar surface area (TPSA) is 97.2 Å². The standard InChI is InChI=1S/C21H20N4O3/c26-21(23-12-11-22-18-7-3-4-8-20(18)25(27)28)16-13-19(14-9-10-14)24-17-6-2-1-5-15(16)17/h1-8,13-14,22H,9-12H2,(H,23,26). The molecule has 1 fully saturated rings. The zero-order chi connectivity index (χ0) is 19.5. The van der Waals surface area contributed by atoms with Gasteiger partial charge in [0.05, 0.1) is 16.0 Å². The summed E-state index contributed by atoms with van der Waals surface area (Å²) in [6.07, 6.45) is 2.23. The molecule has 7 nitrogen and oxygen atoms in total. The summed E-state index contributed by atoms with van der Waals surface area (Å²) >= 11 is 0. The Balaban J connectivity index is 1.44. The number of nitro groups is 1. The van der Waals surface area contributed by atoms with E-state index in [-0.39, 0.29) is 11.6 Å². The molecule has 1 aromatic heterocycles. The Kier molecular flexibility index (Phi) is 4.89. The Bertz CT molecular complexity index is 1050. The molecule has 0 unspecified atom stereocenters. The molecule has 2 aromatic carbocycles. The van der Waals surface area contributed by atoms with Gasteiger partial charge >= 0.3 is 0 Å². The molecular formula is C21H20N4O3. The number of hydrogen-bond acceptors (Lipinski definition) is 5. The molecule has 142 valence electrons. The number of pyridine rings is 1. The number of aromatic nitrogens is 1. The summed E-state index contributed by atoms with van der Waals surface area (Å²) in [6.45, 7) is 0.732. The molecule has 0 atom stereocenters. The zero-order valence-corrected chi connectivity index (χ0v) is 15.2. The maximum absolute atomic E-state index is 12.8. The van der Waals surface area contributed by atoms with E-state index in [0.29, 0.717) is 30.3 Å². The summed E-state index contributed by atoms with van der Waals surface area (Å²) in [5, 5.41) is 17.8. The van der Waals surface area contributed by atoms with Crippen LogP contribution in [0.3, 0.4) is 0 Å². The third-order valence-corrected chi connectivity index (χ3v) is 4.80. The van der Waals surface area contributed by atoms with Crippen LogP contribution in [0.25, 0.3) is 10.9 Å². The first-order chi connectivity index (χ1) is 13.6. The van der Waals surface area contributed by atoms with E-state index in [9.17, 15) is 14.9 Å². The lowest BCUT2D eigenvalue weighted by Gasteiger charge is -2.11. The minimum absolute atomic E-state index is 0.0167. The summed E-state index contributed by atoms with van der Waals surface area (Å²) < 4.78 is 0. The summed E-state index contributed by atoms with van der Waals surface area (Å²) in [5.74, 6) is 0.293. The SMILES string of the molecule is O=C(NCCNc1ccccc1[N+](=O)[O-])c1cc(C2CC2)nc2ccccc12. The fourth-order valence-corrected chi connectivity index (χ4v) is 3.22. The molecule has 7 heteroatoms. The second-order valence-electron chi connectivity index (χ2n) is 6.84. The fraction of sp³-hybridized carbons (Fsp3) is 0.238. The van der Waals surface area contributed by atoms with E-state index < -0.39 is 4.92 Å². The van der Waals surface area contributed by atoms with E-state index in [0.717, 1.165) is 29.4 Å². The third kappa shape index (κ3) is 3.78. The molecule has 1 aliphatic rings.